The average molecular weight is 275 g/mol. The predicted molar refractivity (Wildman–Crippen MR) is 72.5 cm³/mol. The van der Waals surface area contributed by atoms with Gasteiger partial charge in [0.25, 0.3) is 5.91 Å². The Morgan fingerprint density at radius 1 is 1.25 bits per heavy atom. The zero-order valence-corrected chi connectivity index (χ0v) is 11.6. The van der Waals surface area contributed by atoms with E-state index in [1.54, 1.807) is 23.7 Å². The van der Waals surface area contributed by atoms with Crippen LogP contribution >= 0.6 is 0 Å². The van der Waals surface area contributed by atoms with E-state index in [1.165, 1.54) is 6.33 Å². The van der Waals surface area contributed by atoms with E-state index in [2.05, 4.69) is 20.8 Å². The maximum Gasteiger partial charge on any atom is 0.260 e. The number of hydrogen-bond acceptors (Lipinski definition) is 5. The van der Waals surface area contributed by atoms with Crippen LogP contribution in [0.2, 0.25) is 0 Å². The summed E-state index contributed by atoms with van der Waals surface area (Å²) in [5.41, 5.74) is 0.821. The second-order valence-electron chi connectivity index (χ2n) is 4.67. The fraction of sp³-hybridized carbons (Fsp3) is 0.385. The Hall–Kier alpha value is -2.44. The number of nitrogens with zero attached hydrogens (tertiary/aromatic N) is 4. The Labute approximate surface area is 116 Å². The van der Waals surface area contributed by atoms with E-state index < -0.39 is 6.10 Å². The van der Waals surface area contributed by atoms with E-state index in [1.807, 2.05) is 26.0 Å². The molecule has 106 valence electrons. The van der Waals surface area contributed by atoms with Gasteiger partial charge in [-0.05, 0) is 55.5 Å². The molecule has 0 saturated carbocycles. The largest absolute Gasteiger partial charge is 0.481 e. The number of ether oxygens (including phenoxy) is 1. The van der Waals surface area contributed by atoms with Gasteiger partial charge in [0.1, 0.15) is 12.1 Å². The Kier molecular flexibility index (Phi) is 4.29. The maximum absolute atomic E-state index is 11.7. The number of hydrogen-bond donors (Lipinski definition) is 1. The van der Waals surface area contributed by atoms with Crippen LogP contribution in [0.25, 0.3) is 5.69 Å². The third kappa shape index (κ3) is 3.53. The Bertz CT molecular complexity index is 551. The zero-order valence-electron chi connectivity index (χ0n) is 11.6. The highest BCUT2D eigenvalue weighted by Gasteiger charge is 2.15. The van der Waals surface area contributed by atoms with Gasteiger partial charge in [-0.2, -0.15) is 0 Å². The van der Waals surface area contributed by atoms with E-state index in [0.717, 1.165) is 5.69 Å². The monoisotopic (exact) mass is 275 g/mol. The first-order valence-electron chi connectivity index (χ1n) is 6.36. The summed E-state index contributed by atoms with van der Waals surface area (Å²) in [6, 6.07) is 7.28. The lowest BCUT2D eigenvalue weighted by atomic mass is 10.3. The van der Waals surface area contributed by atoms with E-state index >= 15 is 0 Å². The number of aromatic nitrogens is 4. The molecule has 1 atom stereocenters. The summed E-state index contributed by atoms with van der Waals surface area (Å²) >= 11 is 0. The van der Waals surface area contributed by atoms with E-state index in [9.17, 15) is 4.79 Å². The SMILES string of the molecule is CC(C)NC(=O)C(C)Oc1ccc(-n2cnnn2)cc1. The molecular formula is C13H17N5O2. The van der Waals surface area contributed by atoms with Crippen molar-refractivity contribution in [3.63, 3.8) is 0 Å². The fourth-order valence-corrected chi connectivity index (χ4v) is 1.62. The van der Waals surface area contributed by atoms with Crippen molar-refractivity contribution < 1.29 is 9.53 Å². The van der Waals surface area contributed by atoms with Crippen molar-refractivity contribution in [2.24, 2.45) is 0 Å². The zero-order chi connectivity index (χ0) is 14.5. The molecule has 7 heteroatoms. The number of nitrogens with one attached hydrogen (secondary N) is 1. The van der Waals surface area contributed by atoms with Crippen molar-refractivity contribution in [2.75, 3.05) is 0 Å². The summed E-state index contributed by atoms with van der Waals surface area (Å²) in [4.78, 5) is 11.7. The minimum absolute atomic E-state index is 0.0933. The van der Waals surface area contributed by atoms with Gasteiger partial charge in [0.2, 0.25) is 0 Å². The number of tetrazole rings is 1. The topological polar surface area (TPSA) is 81.9 Å². The first-order chi connectivity index (χ1) is 9.56. The van der Waals surface area contributed by atoms with Gasteiger partial charge < -0.3 is 10.1 Å². The summed E-state index contributed by atoms with van der Waals surface area (Å²) in [7, 11) is 0. The highest BCUT2D eigenvalue weighted by atomic mass is 16.5. The van der Waals surface area contributed by atoms with Crippen LogP contribution in [-0.2, 0) is 4.79 Å². The first kappa shape index (κ1) is 14.0. The number of benzene rings is 1. The van der Waals surface area contributed by atoms with Crippen LogP contribution in [-0.4, -0.2) is 38.3 Å². The predicted octanol–water partition coefficient (Wildman–Crippen LogP) is 0.954. The van der Waals surface area contributed by atoms with Gasteiger partial charge in [0.15, 0.2) is 6.10 Å². The third-order valence-corrected chi connectivity index (χ3v) is 2.56. The summed E-state index contributed by atoms with van der Waals surface area (Å²) in [6.45, 7) is 5.53. The van der Waals surface area contributed by atoms with Crippen LogP contribution in [0.4, 0.5) is 0 Å². The van der Waals surface area contributed by atoms with E-state index in [-0.39, 0.29) is 11.9 Å². The molecule has 1 aromatic carbocycles. The van der Waals surface area contributed by atoms with Crippen LogP contribution in [0.5, 0.6) is 5.75 Å². The summed E-state index contributed by atoms with van der Waals surface area (Å²) in [6.07, 6.45) is 0.963. The Balaban J connectivity index is 1.98. The molecule has 0 fully saturated rings. The average Bonchev–Trinajstić information content (AvgIpc) is 2.92. The van der Waals surface area contributed by atoms with Gasteiger partial charge in [-0.15, -0.1) is 5.10 Å². The van der Waals surface area contributed by atoms with Gasteiger partial charge in [0.05, 0.1) is 5.69 Å². The molecule has 1 heterocycles. The molecule has 2 aromatic rings. The van der Waals surface area contributed by atoms with Crippen LogP contribution in [0, 0.1) is 0 Å². The molecule has 7 nitrogen and oxygen atoms in total. The second kappa shape index (κ2) is 6.14. The normalized spacial score (nSPS) is 12.2. The molecule has 0 aliphatic rings. The van der Waals surface area contributed by atoms with Gasteiger partial charge in [-0.1, -0.05) is 0 Å². The summed E-state index contributed by atoms with van der Waals surface area (Å²) in [5.74, 6) is 0.484. The first-order valence-corrected chi connectivity index (χ1v) is 6.36. The fourth-order valence-electron chi connectivity index (χ4n) is 1.62. The minimum Gasteiger partial charge on any atom is -0.481 e. The van der Waals surface area contributed by atoms with Crippen molar-refractivity contribution >= 4 is 5.91 Å². The Morgan fingerprint density at radius 3 is 2.50 bits per heavy atom. The van der Waals surface area contributed by atoms with Crippen LogP contribution in [0.1, 0.15) is 20.8 Å². The second-order valence-corrected chi connectivity index (χ2v) is 4.67. The van der Waals surface area contributed by atoms with Gasteiger partial charge >= 0.3 is 0 Å². The molecule has 0 aliphatic heterocycles. The molecule has 0 radical (unpaired) electrons. The molecule has 1 amide bonds. The standard InChI is InChI=1S/C13H17N5O2/c1-9(2)15-13(19)10(3)20-12-6-4-11(5-7-12)18-8-14-16-17-18/h4-10H,1-3H3,(H,15,19). The van der Waals surface area contributed by atoms with Crippen molar-refractivity contribution in [1.82, 2.24) is 25.5 Å². The van der Waals surface area contributed by atoms with Crippen molar-refractivity contribution in [1.29, 1.82) is 0 Å². The molecular weight excluding hydrogens is 258 g/mol. The quantitative estimate of drug-likeness (QED) is 0.878. The molecule has 1 aromatic heterocycles. The summed E-state index contributed by atoms with van der Waals surface area (Å²) in [5, 5.41) is 13.7. The third-order valence-electron chi connectivity index (χ3n) is 2.56. The number of rotatable bonds is 5. The highest BCUT2D eigenvalue weighted by Crippen LogP contribution is 2.15. The molecule has 0 spiro atoms. The Morgan fingerprint density at radius 2 is 1.95 bits per heavy atom. The van der Waals surface area contributed by atoms with Gasteiger partial charge in [-0.25, -0.2) is 4.68 Å². The van der Waals surface area contributed by atoms with Gasteiger partial charge in [0, 0.05) is 6.04 Å². The molecule has 20 heavy (non-hydrogen) atoms. The lowest BCUT2D eigenvalue weighted by molar-refractivity contribution is -0.127. The van der Waals surface area contributed by atoms with Crippen LogP contribution in [0.3, 0.4) is 0 Å². The van der Waals surface area contributed by atoms with Crippen molar-refractivity contribution in [3.05, 3.63) is 30.6 Å². The number of amides is 1. The van der Waals surface area contributed by atoms with E-state index in [0.29, 0.717) is 5.75 Å². The van der Waals surface area contributed by atoms with Crippen molar-refractivity contribution in [3.8, 4) is 11.4 Å². The molecule has 1 unspecified atom stereocenters. The number of carbonyl (C=O) groups is 1. The van der Waals surface area contributed by atoms with Crippen molar-refractivity contribution in [2.45, 2.75) is 32.9 Å². The van der Waals surface area contributed by atoms with Crippen LogP contribution in [0.15, 0.2) is 30.6 Å². The smallest absolute Gasteiger partial charge is 0.260 e. The molecule has 0 bridgehead atoms. The summed E-state index contributed by atoms with van der Waals surface area (Å²) < 4.78 is 7.12. The molecule has 0 aliphatic carbocycles. The highest BCUT2D eigenvalue weighted by molar-refractivity contribution is 5.80. The lowest BCUT2D eigenvalue weighted by Gasteiger charge is -2.16. The lowest BCUT2D eigenvalue weighted by Crippen LogP contribution is -2.40. The maximum atomic E-state index is 11.7. The molecule has 0 saturated heterocycles. The molecule has 2 rings (SSSR count). The number of carbonyl (C=O) groups excluding carboxylic acids is 1. The van der Waals surface area contributed by atoms with Crippen LogP contribution < -0.4 is 10.1 Å². The van der Waals surface area contributed by atoms with Gasteiger partial charge in [-0.3, -0.25) is 4.79 Å². The van der Waals surface area contributed by atoms with E-state index in [4.69, 9.17) is 4.74 Å². The molecule has 1 N–H and O–H groups in total. The minimum atomic E-state index is -0.545.